The maximum Gasteiger partial charge on any atom is 0.409 e. The first-order valence-electron chi connectivity index (χ1n) is 10.3. The van der Waals surface area contributed by atoms with E-state index in [9.17, 15) is 14.4 Å². The van der Waals surface area contributed by atoms with E-state index >= 15 is 0 Å². The molecule has 2 amide bonds. The summed E-state index contributed by atoms with van der Waals surface area (Å²) in [6, 6.07) is 6.37. The molecule has 0 bridgehead atoms. The van der Waals surface area contributed by atoms with Crippen LogP contribution >= 0.6 is 0 Å². The van der Waals surface area contributed by atoms with E-state index in [2.05, 4.69) is 5.32 Å². The van der Waals surface area contributed by atoms with Crippen LogP contribution in [0, 0.1) is 5.92 Å². The lowest BCUT2D eigenvalue weighted by Gasteiger charge is -2.38. The number of piperazine rings is 1. The molecule has 2 aliphatic heterocycles. The Morgan fingerprint density at radius 1 is 1.10 bits per heavy atom. The minimum Gasteiger partial charge on any atom is -0.496 e. The van der Waals surface area contributed by atoms with Gasteiger partial charge in [0.05, 0.1) is 20.3 Å². The molecule has 0 saturated carbocycles. The van der Waals surface area contributed by atoms with Gasteiger partial charge in [0, 0.05) is 31.7 Å². The van der Waals surface area contributed by atoms with Crippen molar-refractivity contribution in [1.82, 2.24) is 15.1 Å². The quantitative estimate of drug-likeness (QED) is 0.549. The number of carbonyl (C=O) groups is 3. The van der Waals surface area contributed by atoms with Crippen molar-refractivity contribution in [3.8, 4) is 5.75 Å². The maximum absolute atomic E-state index is 13.0. The SMILES string of the molecule is CCOC(=O)[C@@H]1C(=O)NC(N2CCN(C(=O)OCC)CC2)=N[C@@H]1c1ccccc1OC. The van der Waals surface area contributed by atoms with Crippen LogP contribution in [-0.2, 0) is 19.1 Å². The fraction of sp³-hybridized carbons (Fsp3) is 0.524. The Bertz CT molecular complexity index is 850. The first-order chi connectivity index (χ1) is 15.0. The Morgan fingerprint density at radius 2 is 1.77 bits per heavy atom. The second-order valence-corrected chi connectivity index (χ2v) is 7.03. The second-order valence-electron chi connectivity index (χ2n) is 7.03. The van der Waals surface area contributed by atoms with Gasteiger partial charge in [-0.05, 0) is 19.9 Å². The number of para-hydroxylation sites is 1. The highest BCUT2D eigenvalue weighted by molar-refractivity contribution is 6.08. The first kappa shape index (κ1) is 22.4. The molecule has 2 aliphatic rings. The third-order valence-electron chi connectivity index (χ3n) is 5.20. The molecule has 2 atom stereocenters. The standard InChI is InChI=1S/C21H28N4O6/c1-4-30-19(27)16-17(14-8-6-7-9-15(14)29-3)22-20(23-18(16)26)24-10-12-25(13-11-24)21(28)31-5-2/h6-9,16-17H,4-5,10-13H2,1-3H3,(H,22,23,26)/t16-,17+/m0/s1. The van der Waals surface area contributed by atoms with Crippen molar-refractivity contribution in [2.45, 2.75) is 19.9 Å². The molecule has 10 heteroatoms. The third kappa shape index (κ3) is 4.89. The minimum atomic E-state index is -1.12. The minimum absolute atomic E-state index is 0.160. The molecule has 1 saturated heterocycles. The van der Waals surface area contributed by atoms with Crippen molar-refractivity contribution in [2.24, 2.45) is 10.9 Å². The zero-order valence-electron chi connectivity index (χ0n) is 18.0. The van der Waals surface area contributed by atoms with E-state index in [1.165, 1.54) is 7.11 Å². The molecule has 1 aromatic carbocycles. The predicted octanol–water partition coefficient (Wildman–Crippen LogP) is 1.18. The number of esters is 1. The molecule has 31 heavy (non-hydrogen) atoms. The van der Waals surface area contributed by atoms with E-state index < -0.39 is 23.8 Å². The Labute approximate surface area is 181 Å². The summed E-state index contributed by atoms with van der Waals surface area (Å²) < 4.78 is 15.6. The van der Waals surface area contributed by atoms with Crippen LogP contribution in [0.1, 0.15) is 25.5 Å². The molecular formula is C21H28N4O6. The molecule has 0 aromatic heterocycles. The number of ether oxygens (including phenoxy) is 3. The molecule has 168 valence electrons. The Balaban J connectivity index is 1.88. The van der Waals surface area contributed by atoms with Gasteiger partial charge >= 0.3 is 12.1 Å². The van der Waals surface area contributed by atoms with Crippen LogP contribution in [0.3, 0.4) is 0 Å². The molecule has 3 rings (SSSR count). The highest BCUT2D eigenvalue weighted by Gasteiger charge is 2.43. The Hall–Kier alpha value is -3.30. The van der Waals surface area contributed by atoms with Crippen LogP contribution in [-0.4, -0.2) is 80.2 Å². The summed E-state index contributed by atoms with van der Waals surface area (Å²) in [5, 5.41) is 2.74. The lowest BCUT2D eigenvalue weighted by atomic mass is 9.90. The summed E-state index contributed by atoms with van der Waals surface area (Å²) in [6.07, 6.45) is -0.356. The number of rotatable bonds is 5. The van der Waals surface area contributed by atoms with Gasteiger partial charge in [0.2, 0.25) is 11.9 Å². The number of hydrogen-bond acceptors (Lipinski definition) is 8. The predicted molar refractivity (Wildman–Crippen MR) is 112 cm³/mol. The van der Waals surface area contributed by atoms with Gasteiger partial charge in [-0.3, -0.25) is 14.9 Å². The zero-order chi connectivity index (χ0) is 22.4. The number of benzene rings is 1. The van der Waals surface area contributed by atoms with E-state index in [-0.39, 0.29) is 12.7 Å². The summed E-state index contributed by atoms with van der Waals surface area (Å²) in [4.78, 5) is 45.7. The van der Waals surface area contributed by atoms with Crippen LogP contribution in [0.2, 0.25) is 0 Å². The van der Waals surface area contributed by atoms with Gasteiger partial charge in [0.15, 0.2) is 5.92 Å². The fourth-order valence-electron chi connectivity index (χ4n) is 3.67. The molecule has 1 aromatic rings. The number of hydrogen-bond donors (Lipinski definition) is 1. The van der Waals surface area contributed by atoms with Crippen LogP contribution in [0.5, 0.6) is 5.75 Å². The van der Waals surface area contributed by atoms with Crippen molar-refractivity contribution in [3.63, 3.8) is 0 Å². The van der Waals surface area contributed by atoms with Gasteiger partial charge in [0.25, 0.3) is 0 Å². The van der Waals surface area contributed by atoms with E-state index in [0.717, 1.165) is 0 Å². The van der Waals surface area contributed by atoms with Crippen molar-refractivity contribution >= 4 is 23.9 Å². The summed E-state index contributed by atoms with van der Waals surface area (Å²) in [5.74, 6) is -1.34. The van der Waals surface area contributed by atoms with E-state index in [1.807, 2.05) is 11.0 Å². The van der Waals surface area contributed by atoms with Crippen molar-refractivity contribution < 1.29 is 28.6 Å². The molecule has 2 heterocycles. The summed E-state index contributed by atoms with van der Waals surface area (Å²) in [7, 11) is 1.53. The number of amides is 2. The van der Waals surface area contributed by atoms with Gasteiger partial charge < -0.3 is 24.0 Å². The molecule has 0 unspecified atom stereocenters. The average Bonchev–Trinajstić information content (AvgIpc) is 2.78. The lowest BCUT2D eigenvalue weighted by molar-refractivity contribution is -0.153. The molecular weight excluding hydrogens is 404 g/mol. The average molecular weight is 432 g/mol. The van der Waals surface area contributed by atoms with E-state index in [0.29, 0.717) is 50.1 Å². The van der Waals surface area contributed by atoms with E-state index in [4.69, 9.17) is 19.2 Å². The molecule has 0 radical (unpaired) electrons. The van der Waals surface area contributed by atoms with Gasteiger partial charge in [-0.1, -0.05) is 18.2 Å². The van der Waals surface area contributed by atoms with Crippen LogP contribution in [0.4, 0.5) is 4.79 Å². The first-order valence-corrected chi connectivity index (χ1v) is 10.3. The third-order valence-corrected chi connectivity index (χ3v) is 5.20. The number of nitrogens with one attached hydrogen (secondary N) is 1. The normalized spacial score (nSPS) is 21.1. The van der Waals surface area contributed by atoms with Gasteiger partial charge in [-0.15, -0.1) is 0 Å². The molecule has 10 nitrogen and oxygen atoms in total. The number of guanidine groups is 1. The lowest BCUT2D eigenvalue weighted by Crippen LogP contribution is -2.58. The van der Waals surface area contributed by atoms with E-state index in [1.54, 1.807) is 36.9 Å². The number of aliphatic imine (C=N–C) groups is 1. The zero-order valence-corrected chi connectivity index (χ0v) is 18.0. The topological polar surface area (TPSA) is 110 Å². The van der Waals surface area contributed by atoms with Crippen molar-refractivity contribution in [2.75, 3.05) is 46.5 Å². The monoisotopic (exact) mass is 432 g/mol. The van der Waals surface area contributed by atoms with Crippen molar-refractivity contribution in [1.29, 1.82) is 0 Å². The van der Waals surface area contributed by atoms with Crippen LogP contribution < -0.4 is 10.1 Å². The number of carbonyl (C=O) groups excluding carboxylic acids is 3. The largest absolute Gasteiger partial charge is 0.496 e. The van der Waals surface area contributed by atoms with Crippen LogP contribution in [0.25, 0.3) is 0 Å². The maximum atomic E-state index is 13.0. The summed E-state index contributed by atoms with van der Waals surface area (Å²) in [5.41, 5.74) is 0.626. The molecule has 1 fully saturated rings. The van der Waals surface area contributed by atoms with Gasteiger partial charge in [-0.2, -0.15) is 0 Å². The molecule has 0 aliphatic carbocycles. The summed E-state index contributed by atoms with van der Waals surface area (Å²) >= 11 is 0. The smallest absolute Gasteiger partial charge is 0.409 e. The number of methoxy groups -OCH3 is 1. The Kier molecular flexibility index (Phi) is 7.32. The molecule has 1 N–H and O–H groups in total. The highest BCUT2D eigenvalue weighted by Crippen LogP contribution is 2.36. The van der Waals surface area contributed by atoms with Crippen molar-refractivity contribution in [3.05, 3.63) is 29.8 Å². The summed E-state index contributed by atoms with van der Waals surface area (Å²) in [6.45, 7) is 5.75. The second kappa shape index (κ2) is 10.1. The Morgan fingerprint density at radius 3 is 2.42 bits per heavy atom. The van der Waals surface area contributed by atoms with Gasteiger partial charge in [-0.25, -0.2) is 9.79 Å². The number of nitrogens with zero attached hydrogens (tertiary/aromatic N) is 3. The fourth-order valence-corrected chi connectivity index (χ4v) is 3.67. The highest BCUT2D eigenvalue weighted by atomic mass is 16.6. The molecule has 0 spiro atoms. The van der Waals surface area contributed by atoms with Crippen LogP contribution in [0.15, 0.2) is 29.3 Å². The van der Waals surface area contributed by atoms with Gasteiger partial charge in [0.1, 0.15) is 11.8 Å².